The fraction of sp³-hybridized carbons (Fsp3) is 0.639. The van der Waals surface area contributed by atoms with Gasteiger partial charge in [0.25, 0.3) is 0 Å². The van der Waals surface area contributed by atoms with E-state index in [-0.39, 0.29) is 61.1 Å². The first kappa shape index (κ1) is 41.8. The fourth-order valence-corrected chi connectivity index (χ4v) is 4.69. The number of carbonyl (C=O) groups excluding carboxylic acids is 6. The standard InChI is InChI=1S/C36H53N3O11/c1-11-46-29(41)22-47-27-16-18-38(19-17-27)31(42)24(4)20-28(40)25-12-14-26(15-13-25)30(37-32(43)48-21-23(2)3)39(33(44)49-35(5,6)7)34(45)50-36(8,9)10/h12-15,23-24,27H,11,16-22H2,1-10H3/t24-/m1/s1. The van der Waals surface area contributed by atoms with E-state index in [0.29, 0.717) is 30.8 Å². The van der Waals surface area contributed by atoms with Gasteiger partial charge in [-0.3, -0.25) is 9.59 Å². The van der Waals surface area contributed by atoms with Crippen LogP contribution in [0.5, 0.6) is 0 Å². The summed E-state index contributed by atoms with van der Waals surface area (Å²) in [5, 5.41) is 0. The van der Waals surface area contributed by atoms with Crippen molar-refractivity contribution in [1.82, 2.24) is 9.80 Å². The molecule has 1 saturated heterocycles. The summed E-state index contributed by atoms with van der Waals surface area (Å²) in [7, 11) is 0. The summed E-state index contributed by atoms with van der Waals surface area (Å²) in [6.07, 6.45) is -2.42. The van der Waals surface area contributed by atoms with Gasteiger partial charge in [0.05, 0.1) is 19.3 Å². The normalized spacial score (nSPS) is 14.9. The second-order valence-electron chi connectivity index (χ2n) is 14.4. The first-order valence-electron chi connectivity index (χ1n) is 16.9. The van der Waals surface area contributed by atoms with Crippen molar-refractivity contribution in [2.24, 2.45) is 16.8 Å². The number of amidine groups is 1. The predicted octanol–water partition coefficient (Wildman–Crippen LogP) is 6.18. The van der Waals surface area contributed by atoms with Crippen molar-refractivity contribution in [3.05, 3.63) is 35.4 Å². The summed E-state index contributed by atoms with van der Waals surface area (Å²) in [6, 6.07) is 5.77. The van der Waals surface area contributed by atoms with Crippen LogP contribution in [-0.2, 0) is 33.3 Å². The lowest BCUT2D eigenvalue weighted by Crippen LogP contribution is -2.47. The average molecular weight is 704 g/mol. The van der Waals surface area contributed by atoms with Gasteiger partial charge < -0.3 is 28.6 Å². The molecule has 0 spiro atoms. The van der Waals surface area contributed by atoms with Crippen molar-refractivity contribution in [2.45, 2.75) is 106 Å². The molecule has 1 heterocycles. The Balaban J connectivity index is 2.26. The lowest BCUT2D eigenvalue weighted by Gasteiger charge is -2.33. The smallest absolute Gasteiger partial charge is 0.435 e. The zero-order chi connectivity index (χ0) is 37.8. The number of likely N-dealkylation sites (tertiary alicyclic amines) is 1. The maximum absolute atomic E-state index is 13.4. The molecule has 1 fully saturated rings. The lowest BCUT2D eigenvalue weighted by atomic mass is 9.96. The van der Waals surface area contributed by atoms with Crippen LogP contribution in [0.25, 0.3) is 0 Å². The van der Waals surface area contributed by atoms with Crippen LogP contribution in [-0.4, -0.2) is 102 Å². The van der Waals surface area contributed by atoms with E-state index in [0.717, 1.165) is 0 Å². The second-order valence-corrected chi connectivity index (χ2v) is 14.4. The van der Waals surface area contributed by atoms with Gasteiger partial charge in [0, 0.05) is 36.6 Å². The van der Waals surface area contributed by atoms with Crippen LogP contribution in [0.1, 0.15) is 104 Å². The molecule has 4 amide bonds. The molecule has 0 aliphatic carbocycles. The molecule has 14 heteroatoms. The molecule has 50 heavy (non-hydrogen) atoms. The van der Waals surface area contributed by atoms with Crippen LogP contribution in [0.15, 0.2) is 29.3 Å². The first-order valence-corrected chi connectivity index (χ1v) is 16.9. The number of nitrogens with zero attached hydrogens (tertiary/aromatic N) is 3. The number of Topliss-reactive ketones (excluding diaryl/α,β-unsaturated/α-hetero) is 1. The van der Waals surface area contributed by atoms with Crippen molar-refractivity contribution >= 4 is 41.8 Å². The van der Waals surface area contributed by atoms with Crippen molar-refractivity contribution in [1.29, 1.82) is 0 Å². The number of ether oxygens (including phenoxy) is 5. The van der Waals surface area contributed by atoms with Gasteiger partial charge in [-0.05, 0) is 67.2 Å². The molecule has 0 aromatic heterocycles. The van der Waals surface area contributed by atoms with E-state index in [9.17, 15) is 28.8 Å². The van der Waals surface area contributed by atoms with Crippen LogP contribution in [0.4, 0.5) is 14.4 Å². The Kier molecular flexibility index (Phi) is 15.6. The Morgan fingerprint density at radius 2 is 1.36 bits per heavy atom. The molecule has 1 atom stereocenters. The molecule has 1 aliphatic heterocycles. The van der Waals surface area contributed by atoms with Crippen LogP contribution < -0.4 is 0 Å². The Bertz CT molecular complexity index is 1360. The third-order valence-electron chi connectivity index (χ3n) is 6.98. The minimum Gasteiger partial charge on any atom is -0.464 e. The average Bonchev–Trinajstić information content (AvgIpc) is 3.00. The Morgan fingerprint density at radius 3 is 1.84 bits per heavy atom. The third-order valence-corrected chi connectivity index (χ3v) is 6.98. The van der Waals surface area contributed by atoms with Gasteiger partial charge in [-0.2, -0.15) is 9.89 Å². The van der Waals surface area contributed by atoms with Crippen molar-refractivity contribution in [3.8, 4) is 0 Å². The van der Waals surface area contributed by atoms with E-state index >= 15 is 0 Å². The molecule has 1 aromatic rings. The number of hydrogen-bond acceptors (Lipinski definition) is 11. The lowest BCUT2D eigenvalue weighted by molar-refractivity contribution is -0.152. The molecular formula is C36H53N3O11. The number of ketones is 1. The summed E-state index contributed by atoms with van der Waals surface area (Å²) in [4.78, 5) is 83.8. The quantitative estimate of drug-likeness (QED) is 0.0849. The summed E-state index contributed by atoms with van der Waals surface area (Å²) in [5.41, 5.74) is -1.64. The minimum atomic E-state index is -1.13. The molecule has 278 valence electrons. The Morgan fingerprint density at radius 1 is 0.840 bits per heavy atom. The van der Waals surface area contributed by atoms with Crippen LogP contribution >= 0.6 is 0 Å². The van der Waals surface area contributed by atoms with E-state index < -0.39 is 47.2 Å². The van der Waals surface area contributed by atoms with Crippen molar-refractivity contribution < 1.29 is 52.5 Å². The van der Waals surface area contributed by atoms with Gasteiger partial charge in [0.1, 0.15) is 17.8 Å². The topological polar surface area (TPSA) is 167 Å². The van der Waals surface area contributed by atoms with Gasteiger partial charge in [-0.15, -0.1) is 0 Å². The highest BCUT2D eigenvalue weighted by Crippen LogP contribution is 2.22. The van der Waals surface area contributed by atoms with Gasteiger partial charge in [0.15, 0.2) is 11.6 Å². The van der Waals surface area contributed by atoms with Gasteiger partial charge in [0.2, 0.25) is 5.91 Å². The molecule has 2 rings (SSSR count). The third kappa shape index (κ3) is 14.3. The number of esters is 1. The van der Waals surface area contributed by atoms with E-state index in [1.165, 1.54) is 24.3 Å². The highest BCUT2D eigenvalue weighted by atomic mass is 16.6. The molecule has 0 saturated carbocycles. The van der Waals surface area contributed by atoms with Crippen molar-refractivity contribution in [3.63, 3.8) is 0 Å². The predicted molar refractivity (Wildman–Crippen MR) is 184 cm³/mol. The van der Waals surface area contributed by atoms with E-state index in [1.54, 1.807) is 60.3 Å². The molecule has 1 aliphatic rings. The largest absolute Gasteiger partial charge is 0.464 e. The van der Waals surface area contributed by atoms with Gasteiger partial charge >= 0.3 is 24.2 Å². The SMILES string of the molecule is CCOC(=O)COC1CCN(C(=O)[C@H](C)CC(=O)c2ccc(C(=NC(=O)OCC(C)C)N(C(=O)OC(C)(C)C)C(=O)OC(C)(C)C)cc2)CC1. The summed E-state index contributed by atoms with van der Waals surface area (Å²) in [5.74, 6) is -1.94. The second kappa shape index (κ2) is 18.6. The van der Waals surface area contributed by atoms with Gasteiger partial charge in [-0.1, -0.05) is 45.0 Å². The van der Waals surface area contributed by atoms with Crippen LogP contribution in [0.3, 0.4) is 0 Å². The van der Waals surface area contributed by atoms with E-state index in [4.69, 9.17) is 23.7 Å². The number of imide groups is 1. The maximum atomic E-state index is 13.4. The number of hydrogen-bond donors (Lipinski definition) is 0. The first-order chi connectivity index (χ1) is 23.2. The Hall–Kier alpha value is -4.33. The highest BCUT2D eigenvalue weighted by Gasteiger charge is 2.37. The molecule has 0 unspecified atom stereocenters. The molecule has 14 nitrogen and oxygen atoms in total. The molecular weight excluding hydrogens is 650 g/mol. The fourth-order valence-electron chi connectivity index (χ4n) is 4.69. The zero-order valence-electron chi connectivity index (χ0n) is 31.0. The van der Waals surface area contributed by atoms with Crippen molar-refractivity contribution in [2.75, 3.05) is 32.9 Å². The van der Waals surface area contributed by atoms with Gasteiger partial charge in [-0.25, -0.2) is 19.2 Å². The van der Waals surface area contributed by atoms with E-state index in [2.05, 4.69) is 4.99 Å². The van der Waals surface area contributed by atoms with Crippen LogP contribution in [0.2, 0.25) is 0 Å². The molecule has 0 bridgehead atoms. The number of amides is 4. The number of benzene rings is 1. The number of aliphatic imine (C=N–C) groups is 1. The van der Waals surface area contributed by atoms with Crippen LogP contribution in [0, 0.1) is 11.8 Å². The monoisotopic (exact) mass is 703 g/mol. The zero-order valence-corrected chi connectivity index (χ0v) is 31.0. The maximum Gasteiger partial charge on any atom is 0.435 e. The Labute approximate surface area is 294 Å². The number of rotatable bonds is 11. The molecule has 0 N–H and O–H groups in total. The minimum absolute atomic E-state index is 0.00589. The summed E-state index contributed by atoms with van der Waals surface area (Å²) < 4.78 is 26.6. The number of carbonyl (C=O) groups is 6. The highest BCUT2D eigenvalue weighted by molar-refractivity contribution is 6.18. The van der Waals surface area contributed by atoms with E-state index in [1.807, 2.05) is 13.8 Å². The number of piperidine rings is 1. The molecule has 1 aromatic carbocycles. The summed E-state index contributed by atoms with van der Waals surface area (Å²) in [6.45, 7) is 17.8. The molecule has 0 radical (unpaired) electrons. The summed E-state index contributed by atoms with van der Waals surface area (Å²) >= 11 is 0.